The minimum Gasteiger partial charge on any atom is -0.504 e. The van der Waals surface area contributed by atoms with Crippen molar-refractivity contribution in [3.63, 3.8) is 0 Å². The Balaban J connectivity index is 1.32. The number of aromatic hydroxyl groups is 1. The van der Waals surface area contributed by atoms with Crippen LogP contribution in [-0.2, 0) is 23.1 Å². The number of rotatable bonds is 6. The Labute approximate surface area is 237 Å². The van der Waals surface area contributed by atoms with Crippen molar-refractivity contribution in [3.8, 4) is 16.9 Å². The van der Waals surface area contributed by atoms with Crippen LogP contribution in [0.15, 0.2) is 41.7 Å². The van der Waals surface area contributed by atoms with E-state index in [2.05, 4.69) is 20.2 Å². The van der Waals surface area contributed by atoms with Crippen LogP contribution < -0.4 is 21.5 Å². The van der Waals surface area contributed by atoms with Crippen LogP contribution in [0.3, 0.4) is 0 Å². The van der Waals surface area contributed by atoms with Crippen LogP contribution in [0.5, 0.6) is 5.75 Å². The first-order valence-electron chi connectivity index (χ1n) is 12.8. The average Bonchev–Trinajstić information content (AvgIpc) is 3.47. The van der Waals surface area contributed by atoms with Crippen molar-refractivity contribution < 1.29 is 23.8 Å². The molecule has 6 rings (SSSR count). The second kappa shape index (κ2) is 10.2. The number of nitrogens with two attached hydrogens (primary N) is 1. The number of aryl methyl sites for hydroxylation is 1. The predicted octanol–water partition coefficient (Wildman–Crippen LogP) is 2.40. The summed E-state index contributed by atoms with van der Waals surface area (Å²) < 4.78 is 23.1. The topological polar surface area (TPSA) is 158 Å². The smallest absolute Gasteiger partial charge is 0.263 e. The van der Waals surface area contributed by atoms with Gasteiger partial charge in [0.15, 0.2) is 11.6 Å². The van der Waals surface area contributed by atoms with Gasteiger partial charge in [0.1, 0.15) is 18.0 Å². The van der Waals surface area contributed by atoms with Crippen LogP contribution in [-0.4, -0.2) is 61.3 Å². The number of aromatic nitrogens is 4. The Kier molecular flexibility index (Phi) is 6.62. The number of nitrogens with one attached hydrogen (secondary N) is 1. The number of benzene rings is 1. The van der Waals surface area contributed by atoms with Gasteiger partial charge in [-0.05, 0) is 30.5 Å². The number of carbonyl (C=O) groups is 2. The predicted molar refractivity (Wildman–Crippen MR) is 149 cm³/mol. The molecule has 1 aromatic carbocycles. The fourth-order valence-electron chi connectivity index (χ4n) is 5.39. The molecule has 2 saturated heterocycles. The standard InChI is InChI=1S/C27H25ClFN7O5/c1-34-12-32-26-23(27(34)40)17(13-4-16(25(30)39)24(38)19(29)5-13)10-36(26)11-22(37)33-20-6-21(31-7-18(20)28)35-8-14-2-3-15(9-35)41-14/h4-7,10,12,14-15,38H,2-3,8-9,11H2,1H3,(H2,30,39)(H,31,33,37). The highest BCUT2D eigenvalue weighted by Crippen LogP contribution is 2.34. The molecule has 4 aromatic rings. The Morgan fingerprint density at radius 1 is 1.22 bits per heavy atom. The molecule has 3 aromatic heterocycles. The number of phenols is 1. The summed E-state index contributed by atoms with van der Waals surface area (Å²) in [6.07, 6.45) is 6.55. The van der Waals surface area contributed by atoms with Crippen molar-refractivity contribution in [2.45, 2.75) is 31.6 Å². The third-order valence-electron chi connectivity index (χ3n) is 7.37. The molecule has 0 saturated carbocycles. The molecular formula is C27H25ClFN7O5. The summed E-state index contributed by atoms with van der Waals surface area (Å²) in [4.78, 5) is 49.0. The van der Waals surface area contributed by atoms with Crippen molar-refractivity contribution in [2.75, 3.05) is 23.3 Å². The Bertz CT molecular complexity index is 1780. The molecule has 12 nitrogen and oxygen atoms in total. The summed E-state index contributed by atoms with van der Waals surface area (Å²) in [5, 5.41) is 13.1. The number of hydrogen-bond donors (Lipinski definition) is 3. The maximum Gasteiger partial charge on any atom is 0.263 e. The van der Waals surface area contributed by atoms with Gasteiger partial charge >= 0.3 is 0 Å². The Hall–Kier alpha value is -4.49. The van der Waals surface area contributed by atoms with E-state index >= 15 is 0 Å². The quantitative estimate of drug-likeness (QED) is 0.313. The fourth-order valence-corrected chi connectivity index (χ4v) is 5.54. The first kappa shape index (κ1) is 26.7. The highest BCUT2D eigenvalue weighted by molar-refractivity contribution is 6.33. The van der Waals surface area contributed by atoms with Crippen molar-refractivity contribution in [3.05, 3.63) is 63.7 Å². The van der Waals surface area contributed by atoms with Crippen LogP contribution in [0.4, 0.5) is 15.9 Å². The van der Waals surface area contributed by atoms with Gasteiger partial charge in [0.05, 0.1) is 46.4 Å². The summed E-state index contributed by atoms with van der Waals surface area (Å²) >= 11 is 6.36. The number of carbonyl (C=O) groups excluding carboxylic acids is 2. The number of morpholine rings is 1. The van der Waals surface area contributed by atoms with Crippen molar-refractivity contribution in [2.24, 2.45) is 12.8 Å². The first-order valence-corrected chi connectivity index (χ1v) is 13.2. The number of ether oxygens (including phenoxy) is 1. The number of fused-ring (bicyclic) bond motifs is 3. The second-order valence-electron chi connectivity index (χ2n) is 10.2. The highest BCUT2D eigenvalue weighted by Gasteiger charge is 2.34. The summed E-state index contributed by atoms with van der Waals surface area (Å²) in [5.41, 5.74) is 5.23. The molecule has 0 radical (unpaired) electrons. The van der Waals surface area contributed by atoms with Crippen LogP contribution in [0.1, 0.15) is 23.2 Å². The third kappa shape index (κ3) is 4.87. The zero-order valence-electron chi connectivity index (χ0n) is 21.8. The number of anilines is 2. The van der Waals surface area contributed by atoms with Crippen LogP contribution in [0, 0.1) is 5.82 Å². The minimum absolute atomic E-state index is 0.0921. The van der Waals surface area contributed by atoms with Gasteiger partial charge in [0, 0.05) is 38.0 Å². The lowest BCUT2D eigenvalue weighted by molar-refractivity contribution is -0.116. The highest BCUT2D eigenvalue weighted by atomic mass is 35.5. The lowest BCUT2D eigenvalue weighted by Crippen LogP contribution is -2.43. The maximum atomic E-state index is 14.5. The van der Waals surface area contributed by atoms with E-state index in [1.54, 1.807) is 6.07 Å². The van der Waals surface area contributed by atoms with Crippen molar-refractivity contribution >= 4 is 46.0 Å². The van der Waals surface area contributed by atoms with Gasteiger partial charge in [0.2, 0.25) is 5.91 Å². The van der Waals surface area contributed by atoms with E-state index in [0.29, 0.717) is 24.6 Å². The van der Waals surface area contributed by atoms with Crippen LogP contribution >= 0.6 is 11.6 Å². The molecule has 0 aliphatic carbocycles. The first-order chi connectivity index (χ1) is 19.6. The average molecular weight is 582 g/mol. The number of amides is 2. The molecule has 5 heterocycles. The molecule has 2 aliphatic rings. The number of primary amides is 1. The molecule has 2 aliphatic heterocycles. The summed E-state index contributed by atoms with van der Waals surface area (Å²) in [6.45, 7) is 1.13. The number of halogens is 2. The lowest BCUT2D eigenvalue weighted by Gasteiger charge is -2.33. The maximum absolute atomic E-state index is 14.5. The van der Waals surface area contributed by atoms with Gasteiger partial charge < -0.3 is 34.9 Å². The van der Waals surface area contributed by atoms with E-state index in [-0.39, 0.29) is 45.9 Å². The molecule has 4 N–H and O–H groups in total. The van der Waals surface area contributed by atoms with Crippen molar-refractivity contribution in [1.82, 2.24) is 19.1 Å². The molecule has 2 amide bonds. The fraction of sp³-hybridized carbons (Fsp3) is 0.296. The van der Waals surface area contributed by atoms with Gasteiger partial charge in [0.25, 0.3) is 11.5 Å². The van der Waals surface area contributed by atoms with E-state index in [1.807, 2.05) is 0 Å². The number of pyridine rings is 1. The normalized spacial score (nSPS) is 18.2. The molecule has 14 heteroatoms. The summed E-state index contributed by atoms with van der Waals surface area (Å²) in [6, 6.07) is 3.87. The van der Waals surface area contributed by atoms with Gasteiger partial charge in [-0.25, -0.2) is 14.4 Å². The summed E-state index contributed by atoms with van der Waals surface area (Å²) in [5.74, 6) is -2.83. The third-order valence-corrected chi connectivity index (χ3v) is 7.67. The summed E-state index contributed by atoms with van der Waals surface area (Å²) in [7, 11) is 1.50. The van der Waals surface area contributed by atoms with E-state index in [9.17, 15) is 23.9 Å². The molecule has 2 bridgehead atoms. The molecule has 212 valence electrons. The molecule has 0 spiro atoms. The monoisotopic (exact) mass is 581 g/mol. The van der Waals surface area contributed by atoms with Gasteiger partial charge in [-0.3, -0.25) is 14.4 Å². The van der Waals surface area contributed by atoms with E-state index in [4.69, 9.17) is 22.1 Å². The number of nitrogens with zero attached hydrogens (tertiary/aromatic N) is 5. The molecular weight excluding hydrogens is 557 g/mol. The second-order valence-corrected chi connectivity index (χ2v) is 10.6. The van der Waals surface area contributed by atoms with Crippen LogP contribution in [0.2, 0.25) is 5.02 Å². The van der Waals surface area contributed by atoms with E-state index in [1.165, 1.54) is 41.0 Å². The molecule has 2 atom stereocenters. The van der Waals surface area contributed by atoms with E-state index < -0.39 is 34.5 Å². The lowest BCUT2D eigenvalue weighted by atomic mass is 10.0. The zero-order valence-corrected chi connectivity index (χ0v) is 22.6. The van der Waals surface area contributed by atoms with E-state index in [0.717, 1.165) is 18.9 Å². The minimum atomic E-state index is -1.09. The number of hydrogen-bond acceptors (Lipinski definition) is 8. The molecule has 2 fully saturated rings. The molecule has 2 unspecified atom stereocenters. The van der Waals surface area contributed by atoms with Gasteiger partial charge in [-0.1, -0.05) is 11.6 Å². The van der Waals surface area contributed by atoms with Gasteiger partial charge in [-0.2, -0.15) is 0 Å². The Morgan fingerprint density at radius 2 is 1.95 bits per heavy atom. The zero-order chi connectivity index (χ0) is 29.0. The van der Waals surface area contributed by atoms with Crippen LogP contribution in [0.25, 0.3) is 22.2 Å². The molecule has 41 heavy (non-hydrogen) atoms. The van der Waals surface area contributed by atoms with Gasteiger partial charge in [-0.15, -0.1) is 0 Å². The SMILES string of the molecule is Cn1cnc2c(c(-c3cc(F)c(O)c(C(N)=O)c3)cn2CC(=O)Nc2cc(N3CC4CCC(C3)O4)ncc2Cl)c1=O. The Morgan fingerprint density at radius 3 is 2.66 bits per heavy atom. The van der Waals surface area contributed by atoms with Crippen molar-refractivity contribution in [1.29, 1.82) is 0 Å². The largest absolute Gasteiger partial charge is 0.504 e.